The van der Waals surface area contributed by atoms with Gasteiger partial charge in [-0.05, 0) is 0 Å². The molecule has 0 radical (unpaired) electrons. The van der Waals surface area contributed by atoms with E-state index < -0.39 is 24.0 Å². The van der Waals surface area contributed by atoms with Gasteiger partial charge in [-0.15, -0.1) is 0 Å². The van der Waals surface area contributed by atoms with Crippen LogP contribution in [0.2, 0.25) is 0 Å². The molecule has 0 aliphatic rings. The van der Waals surface area contributed by atoms with Crippen molar-refractivity contribution >= 4 is 12.6 Å². The second kappa shape index (κ2) is 3.12. The van der Waals surface area contributed by atoms with Crippen LogP contribution in [0.1, 0.15) is 0 Å². The zero-order chi connectivity index (χ0) is 9.28. The Hall–Kier alpha value is -0.0700. The Morgan fingerprint density at radius 1 is 1.09 bits per heavy atom. The lowest BCUT2D eigenvalue weighted by molar-refractivity contribution is -0.237. The number of alkyl halides is 6. The predicted molar refractivity (Wildman–Crippen MR) is 29.8 cm³/mol. The zero-order valence-corrected chi connectivity index (χ0v) is 5.89. The maximum Gasteiger partial charge on any atom is 0.425 e. The molecule has 0 aromatic heterocycles. The molecular formula is C4H4F6S. The first-order valence-corrected chi connectivity index (χ1v) is 3.04. The zero-order valence-electron chi connectivity index (χ0n) is 5.00. The monoisotopic (exact) mass is 198 g/mol. The fourth-order valence-electron chi connectivity index (χ4n) is 0.320. The van der Waals surface area contributed by atoms with Crippen LogP contribution in [0.4, 0.5) is 26.3 Å². The minimum Gasteiger partial charge on any atom is -0.231 e. The van der Waals surface area contributed by atoms with E-state index in [0.29, 0.717) is 0 Å². The number of thiol groups is 1. The maximum absolute atomic E-state index is 11.9. The van der Waals surface area contributed by atoms with E-state index >= 15 is 0 Å². The first-order valence-electron chi connectivity index (χ1n) is 2.41. The van der Waals surface area contributed by atoms with Crippen molar-refractivity contribution in [2.45, 2.75) is 18.3 Å². The number of hydrogen-bond donors (Lipinski definition) is 1. The molecule has 1 atom stereocenters. The van der Waals surface area contributed by atoms with Gasteiger partial charge in [0.25, 0.3) is 12.1 Å². The Balaban J connectivity index is 4.35. The van der Waals surface area contributed by atoms with Gasteiger partial charge in [-0.2, -0.15) is 25.8 Å². The summed E-state index contributed by atoms with van der Waals surface area (Å²) in [5.74, 6) is -5.91. The van der Waals surface area contributed by atoms with Crippen molar-refractivity contribution in [1.29, 1.82) is 0 Å². The highest BCUT2D eigenvalue weighted by Gasteiger charge is 2.55. The molecule has 0 rings (SSSR count). The summed E-state index contributed by atoms with van der Waals surface area (Å²) < 4.78 is 69.2. The quantitative estimate of drug-likeness (QED) is 0.511. The van der Waals surface area contributed by atoms with E-state index in [1.165, 1.54) is 0 Å². The Bertz CT molecular complexity index is 129. The number of rotatable bonds is 2. The standard InChI is InChI=1S/C4H4F6S/c5-2(4(8,9)10)3(6,7)1-11/h2,11H,1H2. The van der Waals surface area contributed by atoms with Crippen LogP contribution >= 0.6 is 12.6 Å². The summed E-state index contributed by atoms with van der Waals surface area (Å²) in [5, 5.41) is 0. The van der Waals surface area contributed by atoms with E-state index in [0.717, 1.165) is 0 Å². The van der Waals surface area contributed by atoms with Gasteiger partial charge < -0.3 is 0 Å². The molecule has 0 aliphatic heterocycles. The Morgan fingerprint density at radius 2 is 1.45 bits per heavy atom. The van der Waals surface area contributed by atoms with Crippen LogP contribution in [0.5, 0.6) is 0 Å². The number of hydrogen-bond acceptors (Lipinski definition) is 1. The fourth-order valence-corrected chi connectivity index (χ4v) is 0.480. The lowest BCUT2D eigenvalue weighted by atomic mass is 10.2. The summed E-state index contributed by atoms with van der Waals surface area (Å²) in [6.07, 6.45) is -9.65. The van der Waals surface area contributed by atoms with Crippen molar-refractivity contribution in [2.75, 3.05) is 5.75 Å². The van der Waals surface area contributed by atoms with Gasteiger partial charge in [0.05, 0.1) is 5.75 Å². The van der Waals surface area contributed by atoms with Crippen LogP contribution < -0.4 is 0 Å². The average molecular weight is 198 g/mol. The van der Waals surface area contributed by atoms with Gasteiger partial charge in [0.1, 0.15) is 0 Å². The van der Waals surface area contributed by atoms with E-state index in [4.69, 9.17) is 0 Å². The van der Waals surface area contributed by atoms with E-state index in [1.54, 1.807) is 0 Å². The van der Waals surface area contributed by atoms with Gasteiger partial charge in [0.2, 0.25) is 0 Å². The molecular weight excluding hydrogens is 194 g/mol. The number of halogens is 6. The summed E-state index contributed by atoms with van der Waals surface area (Å²) in [6, 6.07) is 0. The van der Waals surface area contributed by atoms with E-state index in [1.807, 2.05) is 0 Å². The summed E-state index contributed by atoms with van der Waals surface area (Å²) in [6.45, 7) is 0. The van der Waals surface area contributed by atoms with Crippen molar-refractivity contribution in [3.8, 4) is 0 Å². The molecule has 0 nitrogen and oxygen atoms in total. The summed E-state index contributed by atoms with van der Waals surface area (Å²) >= 11 is 2.88. The van der Waals surface area contributed by atoms with Crippen LogP contribution in [0.25, 0.3) is 0 Å². The Kier molecular flexibility index (Phi) is 3.10. The molecule has 0 amide bonds. The predicted octanol–water partition coefficient (Wildman–Crippen LogP) is 2.45. The normalized spacial score (nSPS) is 16.6. The van der Waals surface area contributed by atoms with Crippen molar-refractivity contribution in [1.82, 2.24) is 0 Å². The lowest BCUT2D eigenvalue weighted by Gasteiger charge is -2.20. The molecule has 0 bridgehead atoms. The SMILES string of the molecule is FC(C(F)(F)F)C(F)(F)CS. The van der Waals surface area contributed by atoms with Gasteiger partial charge in [0, 0.05) is 0 Å². The Morgan fingerprint density at radius 3 is 1.55 bits per heavy atom. The van der Waals surface area contributed by atoms with E-state index in [2.05, 4.69) is 12.6 Å². The van der Waals surface area contributed by atoms with Crippen LogP contribution in [-0.4, -0.2) is 24.0 Å². The molecule has 68 valence electrons. The molecule has 0 heterocycles. The summed E-state index contributed by atoms with van der Waals surface area (Å²) in [7, 11) is 0. The van der Waals surface area contributed by atoms with E-state index in [9.17, 15) is 26.3 Å². The lowest BCUT2D eigenvalue weighted by Crippen LogP contribution is -2.42. The minimum atomic E-state index is -5.52. The van der Waals surface area contributed by atoms with Crippen molar-refractivity contribution in [3.05, 3.63) is 0 Å². The molecule has 11 heavy (non-hydrogen) atoms. The molecule has 0 saturated carbocycles. The molecule has 7 heteroatoms. The van der Waals surface area contributed by atoms with Crippen molar-refractivity contribution in [2.24, 2.45) is 0 Å². The highest BCUT2D eigenvalue weighted by atomic mass is 32.1. The van der Waals surface area contributed by atoms with E-state index in [-0.39, 0.29) is 0 Å². The Labute approximate surface area is 64.0 Å². The minimum absolute atomic E-state index is 1.46. The van der Waals surface area contributed by atoms with Crippen LogP contribution in [0.3, 0.4) is 0 Å². The third kappa shape index (κ3) is 2.80. The first-order chi connectivity index (χ1) is 4.72. The smallest absolute Gasteiger partial charge is 0.231 e. The van der Waals surface area contributed by atoms with Crippen LogP contribution in [0.15, 0.2) is 0 Å². The average Bonchev–Trinajstić information content (AvgIpc) is 1.84. The van der Waals surface area contributed by atoms with Crippen LogP contribution in [0, 0.1) is 0 Å². The highest BCUT2D eigenvalue weighted by Crippen LogP contribution is 2.35. The first kappa shape index (κ1) is 10.9. The van der Waals surface area contributed by atoms with Crippen molar-refractivity contribution in [3.63, 3.8) is 0 Å². The third-order valence-electron chi connectivity index (χ3n) is 0.869. The topological polar surface area (TPSA) is 0 Å². The van der Waals surface area contributed by atoms with Crippen molar-refractivity contribution < 1.29 is 26.3 Å². The summed E-state index contributed by atoms with van der Waals surface area (Å²) in [5.41, 5.74) is 0. The highest BCUT2D eigenvalue weighted by molar-refractivity contribution is 7.80. The fraction of sp³-hybridized carbons (Fsp3) is 1.00. The molecule has 0 aliphatic carbocycles. The largest absolute Gasteiger partial charge is 0.425 e. The molecule has 0 aromatic carbocycles. The maximum atomic E-state index is 11.9. The summed E-state index contributed by atoms with van der Waals surface area (Å²) in [4.78, 5) is 0. The van der Waals surface area contributed by atoms with Gasteiger partial charge in [0.15, 0.2) is 0 Å². The van der Waals surface area contributed by atoms with Gasteiger partial charge in [-0.25, -0.2) is 13.2 Å². The molecule has 0 spiro atoms. The molecule has 0 N–H and O–H groups in total. The van der Waals surface area contributed by atoms with Gasteiger partial charge >= 0.3 is 6.18 Å². The molecule has 0 fully saturated rings. The molecule has 1 unspecified atom stereocenters. The van der Waals surface area contributed by atoms with Gasteiger partial charge in [-0.1, -0.05) is 0 Å². The second-order valence-electron chi connectivity index (χ2n) is 1.82. The molecule has 0 saturated heterocycles. The second-order valence-corrected chi connectivity index (χ2v) is 2.14. The molecule has 0 aromatic rings. The van der Waals surface area contributed by atoms with Gasteiger partial charge in [-0.3, -0.25) is 0 Å². The van der Waals surface area contributed by atoms with Crippen LogP contribution in [-0.2, 0) is 0 Å². The third-order valence-corrected chi connectivity index (χ3v) is 1.29.